The van der Waals surface area contributed by atoms with Crippen molar-refractivity contribution in [1.29, 1.82) is 0 Å². The van der Waals surface area contributed by atoms with E-state index in [-0.39, 0.29) is 17.4 Å². The largest absolute Gasteiger partial charge is 0.296 e. The van der Waals surface area contributed by atoms with E-state index in [2.05, 4.69) is 15.8 Å². The third-order valence-corrected chi connectivity index (χ3v) is 5.30. The molecule has 2 heterocycles. The molecule has 0 unspecified atom stereocenters. The molecule has 1 aromatic heterocycles. The zero-order valence-corrected chi connectivity index (χ0v) is 16.1. The number of fused-ring (bicyclic) bond motifs is 2. The van der Waals surface area contributed by atoms with Crippen LogP contribution in [0.25, 0.3) is 10.9 Å². The van der Waals surface area contributed by atoms with E-state index in [0.29, 0.717) is 29.4 Å². The Morgan fingerprint density at radius 1 is 1.14 bits per heavy atom. The lowest BCUT2D eigenvalue weighted by atomic mass is 9.96. The second-order valence-electron chi connectivity index (χ2n) is 7.14. The van der Waals surface area contributed by atoms with Crippen LogP contribution in [0.3, 0.4) is 0 Å². The fraction of sp³-hybridized carbons (Fsp3) is 0.273. The average Bonchev–Trinajstić information content (AvgIpc) is 3.22. The zero-order valence-electron chi connectivity index (χ0n) is 16.1. The molecular weight excluding hydrogens is 368 g/mol. The SMILES string of the molecule is CC[C@H](C(=O)NNC(=O)c1ccc2c(=O)n3c(nc2c1)CCC3)c1ccccc1. The Morgan fingerprint density at radius 2 is 1.93 bits per heavy atom. The summed E-state index contributed by atoms with van der Waals surface area (Å²) in [5.41, 5.74) is 6.63. The second kappa shape index (κ2) is 7.87. The standard InChI is InChI=1S/C22H22N4O3/c1-2-16(14-7-4-3-5-8-14)21(28)25-24-20(27)15-10-11-17-18(13-15)23-19-9-6-12-26(19)22(17)29/h3-5,7-8,10-11,13,16H,2,6,9,12H2,1H3,(H,24,27)(H,25,28)/t16-/m0/s1. The van der Waals surface area contributed by atoms with Gasteiger partial charge in [-0.15, -0.1) is 0 Å². The quantitative estimate of drug-likeness (QED) is 0.669. The molecule has 0 fully saturated rings. The minimum absolute atomic E-state index is 0.0728. The molecule has 2 amide bonds. The number of aromatic nitrogens is 2. The van der Waals surface area contributed by atoms with E-state index >= 15 is 0 Å². The second-order valence-corrected chi connectivity index (χ2v) is 7.14. The minimum Gasteiger partial charge on any atom is -0.296 e. The van der Waals surface area contributed by atoms with E-state index < -0.39 is 5.91 Å². The summed E-state index contributed by atoms with van der Waals surface area (Å²) in [5, 5.41) is 0.492. The maximum absolute atomic E-state index is 12.5. The first-order valence-corrected chi connectivity index (χ1v) is 9.77. The normalized spacial score (nSPS) is 13.7. The molecule has 7 heteroatoms. The molecule has 1 aliphatic heterocycles. The van der Waals surface area contributed by atoms with Gasteiger partial charge < -0.3 is 0 Å². The topological polar surface area (TPSA) is 93.1 Å². The fourth-order valence-corrected chi connectivity index (χ4v) is 3.76. The number of hydrogen-bond donors (Lipinski definition) is 2. The van der Waals surface area contributed by atoms with Crippen molar-refractivity contribution in [2.24, 2.45) is 0 Å². The molecule has 0 saturated carbocycles. The van der Waals surface area contributed by atoms with Gasteiger partial charge in [0.05, 0.1) is 16.8 Å². The fourth-order valence-electron chi connectivity index (χ4n) is 3.76. The summed E-state index contributed by atoms with van der Waals surface area (Å²) in [4.78, 5) is 42.1. The van der Waals surface area contributed by atoms with Gasteiger partial charge in [-0.2, -0.15) is 0 Å². The van der Waals surface area contributed by atoms with Gasteiger partial charge in [-0.05, 0) is 36.6 Å². The summed E-state index contributed by atoms with van der Waals surface area (Å²) in [6.07, 6.45) is 2.27. The Morgan fingerprint density at radius 3 is 2.69 bits per heavy atom. The van der Waals surface area contributed by atoms with Gasteiger partial charge in [0.25, 0.3) is 11.5 Å². The van der Waals surface area contributed by atoms with E-state index in [9.17, 15) is 14.4 Å². The van der Waals surface area contributed by atoms with Crippen LogP contribution in [-0.2, 0) is 17.8 Å². The van der Waals surface area contributed by atoms with Crippen LogP contribution < -0.4 is 16.4 Å². The number of amides is 2. The number of carbonyl (C=O) groups excluding carboxylic acids is 2. The predicted molar refractivity (Wildman–Crippen MR) is 109 cm³/mol. The number of hydrazine groups is 1. The number of nitrogens with one attached hydrogen (secondary N) is 2. The summed E-state index contributed by atoms with van der Waals surface area (Å²) in [5.74, 6) is -0.327. The number of nitrogens with zero attached hydrogens (tertiary/aromatic N) is 2. The summed E-state index contributed by atoms with van der Waals surface area (Å²) in [6, 6.07) is 14.2. The van der Waals surface area contributed by atoms with Gasteiger partial charge in [0.15, 0.2) is 0 Å². The minimum atomic E-state index is -0.453. The molecule has 3 aromatic rings. The van der Waals surface area contributed by atoms with Crippen molar-refractivity contribution in [3.05, 3.63) is 75.8 Å². The van der Waals surface area contributed by atoms with Gasteiger partial charge in [0.2, 0.25) is 5.91 Å². The summed E-state index contributed by atoms with van der Waals surface area (Å²) < 4.78 is 1.69. The maximum Gasteiger partial charge on any atom is 0.269 e. The first kappa shape index (κ1) is 18.9. The van der Waals surface area contributed by atoms with Crippen molar-refractivity contribution in [3.8, 4) is 0 Å². The highest BCUT2D eigenvalue weighted by atomic mass is 16.2. The zero-order chi connectivity index (χ0) is 20.4. The predicted octanol–water partition coefficient (Wildman–Crippen LogP) is 2.30. The van der Waals surface area contributed by atoms with Crippen LogP contribution in [0.4, 0.5) is 0 Å². The van der Waals surface area contributed by atoms with E-state index in [0.717, 1.165) is 24.2 Å². The van der Waals surface area contributed by atoms with Crippen LogP contribution >= 0.6 is 0 Å². The van der Waals surface area contributed by atoms with Crippen LogP contribution in [-0.4, -0.2) is 21.4 Å². The van der Waals surface area contributed by atoms with Crippen molar-refractivity contribution in [3.63, 3.8) is 0 Å². The Kier molecular flexibility index (Phi) is 5.12. The number of rotatable bonds is 4. The molecule has 0 radical (unpaired) electrons. The molecule has 2 N–H and O–H groups in total. The van der Waals surface area contributed by atoms with Crippen molar-refractivity contribution < 1.29 is 9.59 Å². The molecule has 4 rings (SSSR count). The first-order chi connectivity index (χ1) is 14.1. The summed E-state index contributed by atoms with van der Waals surface area (Å²) in [7, 11) is 0. The van der Waals surface area contributed by atoms with E-state index in [1.807, 2.05) is 37.3 Å². The summed E-state index contributed by atoms with van der Waals surface area (Å²) in [6.45, 7) is 2.61. The van der Waals surface area contributed by atoms with Gasteiger partial charge in [0, 0.05) is 18.5 Å². The van der Waals surface area contributed by atoms with Crippen molar-refractivity contribution in [1.82, 2.24) is 20.4 Å². The average molecular weight is 390 g/mol. The maximum atomic E-state index is 12.5. The number of hydrogen-bond acceptors (Lipinski definition) is 4. The molecule has 2 aromatic carbocycles. The molecule has 1 aliphatic rings. The van der Waals surface area contributed by atoms with E-state index in [4.69, 9.17) is 0 Å². The van der Waals surface area contributed by atoms with Crippen LogP contribution in [0, 0.1) is 0 Å². The monoisotopic (exact) mass is 390 g/mol. The molecule has 7 nitrogen and oxygen atoms in total. The Labute approximate surface area is 167 Å². The number of benzene rings is 2. The van der Waals surface area contributed by atoms with Gasteiger partial charge in [-0.25, -0.2) is 4.98 Å². The van der Waals surface area contributed by atoms with Crippen molar-refractivity contribution in [2.75, 3.05) is 0 Å². The van der Waals surface area contributed by atoms with Crippen LogP contribution in [0.15, 0.2) is 53.3 Å². The Balaban J connectivity index is 1.50. The van der Waals surface area contributed by atoms with E-state index in [1.165, 1.54) is 0 Å². The number of aryl methyl sites for hydroxylation is 1. The molecule has 148 valence electrons. The van der Waals surface area contributed by atoms with Crippen LogP contribution in [0.5, 0.6) is 0 Å². The van der Waals surface area contributed by atoms with Gasteiger partial charge in [0.1, 0.15) is 5.82 Å². The lowest BCUT2D eigenvalue weighted by Gasteiger charge is -2.16. The Bertz CT molecular complexity index is 1140. The van der Waals surface area contributed by atoms with Crippen molar-refractivity contribution in [2.45, 2.75) is 38.6 Å². The molecule has 0 saturated heterocycles. The molecule has 0 spiro atoms. The number of carbonyl (C=O) groups is 2. The lowest BCUT2D eigenvalue weighted by molar-refractivity contribution is -0.123. The molecule has 0 bridgehead atoms. The lowest BCUT2D eigenvalue weighted by Crippen LogP contribution is -2.43. The molecular formula is C22H22N4O3. The Hall–Kier alpha value is -3.48. The molecule has 29 heavy (non-hydrogen) atoms. The van der Waals surface area contributed by atoms with Gasteiger partial charge >= 0.3 is 0 Å². The smallest absolute Gasteiger partial charge is 0.269 e. The third-order valence-electron chi connectivity index (χ3n) is 5.30. The van der Waals surface area contributed by atoms with Crippen molar-refractivity contribution >= 4 is 22.7 Å². The highest BCUT2D eigenvalue weighted by Crippen LogP contribution is 2.19. The first-order valence-electron chi connectivity index (χ1n) is 9.77. The van der Waals surface area contributed by atoms with Crippen LogP contribution in [0.2, 0.25) is 0 Å². The highest BCUT2D eigenvalue weighted by molar-refractivity contribution is 5.98. The van der Waals surface area contributed by atoms with Gasteiger partial charge in [-0.3, -0.25) is 29.8 Å². The van der Waals surface area contributed by atoms with Crippen LogP contribution in [0.1, 0.15) is 47.4 Å². The molecule has 1 atom stereocenters. The third kappa shape index (κ3) is 3.63. The van der Waals surface area contributed by atoms with E-state index in [1.54, 1.807) is 22.8 Å². The summed E-state index contributed by atoms with van der Waals surface area (Å²) >= 11 is 0. The highest BCUT2D eigenvalue weighted by Gasteiger charge is 2.20. The molecule has 0 aliphatic carbocycles. The van der Waals surface area contributed by atoms with Gasteiger partial charge in [-0.1, -0.05) is 37.3 Å².